The topological polar surface area (TPSA) is 88.2 Å². The molecule has 0 spiro atoms. The lowest BCUT2D eigenvalue weighted by atomic mass is 10.1. The van der Waals surface area contributed by atoms with Crippen molar-refractivity contribution in [2.75, 3.05) is 16.9 Å². The van der Waals surface area contributed by atoms with Crippen molar-refractivity contribution < 1.29 is 13.2 Å². The number of nitrogens with one attached hydrogen (secondary N) is 2. The highest BCUT2D eigenvalue weighted by atomic mass is 32.2. The summed E-state index contributed by atoms with van der Waals surface area (Å²) in [6.07, 6.45) is 1.16. The van der Waals surface area contributed by atoms with Gasteiger partial charge < -0.3 is 10.6 Å². The highest BCUT2D eigenvalue weighted by Crippen LogP contribution is 2.24. The minimum atomic E-state index is -3.23. The van der Waals surface area contributed by atoms with E-state index in [1.165, 1.54) is 23.5 Å². The molecule has 1 amide bonds. The summed E-state index contributed by atoms with van der Waals surface area (Å²) in [5.74, 6) is -0.274. The number of hydrogen-bond donors (Lipinski definition) is 2. The van der Waals surface area contributed by atoms with E-state index in [1.54, 1.807) is 17.5 Å². The van der Waals surface area contributed by atoms with Gasteiger partial charge in [0.2, 0.25) is 0 Å². The second kappa shape index (κ2) is 7.50. The summed E-state index contributed by atoms with van der Waals surface area (Å²) in [7, 11) is -3.23. The molecule has 2 aromatic carbocycles. The van der Waals surface area contributed by atoms with Gasteiger partial charge >= 0.3 is 0 Å². The largest absolute Gasteiger partial charge is 0.332 e. The lowest BCUT2D eigenvalue weighted by Crippen LogP contribution is -2.14. The fourth-order valence-electron chi connectivity index (χ4n) is 2.53. The number of para-hydroxylation sites is 1. The van der Waals surface area contributed by atoms with Gasteiger partial charge in [-0.25, -0.2) is 13.4 Å². The number of sulfone groups is 1. The van der Waals surface area contributed by atoms with Crippen LogP contribution in [0.2, 0.25) is 0 Å². The molecule has 0 fully saturated rings. The van der Waals surface area contributed by atoms with E-state index in [4.69, 9.17) is 0 Å². The van der Waals surface area contributed by atoms with E-state index in [0.29, 0.717) is 16.5 Å². The van der Waals surface area contributed by atoms with Crippen LogP contribution in [0.15, 0.2) is 52.7 Å². The molecule has 0 unspecified atom stereocenters. The van der Waals surface area contributed by atoms with E-state index in [1.807, 2.05) is 32.0 Å². The van der Waals surface area contributed by atoms with Crippen LogP contribution < -0.4 is 10.6 Å². The Kier molecular flexibility index (Phi) is 5.29. The molecule has 0 saturated heterocycles. The van der Waals surface area contributed by atoms with Crippen molar-refractivity contribution in [3.05, 3.63) is 64.7 Å². The Labute approximate surface area is 162 Å². The van der Waals surface area contributed by atoms with Gasteiger partial charge in [-0.3, -0.25) is 4.79 Å². The van der Waals surface area contributed by atoms with Crippen molar-refractivity contribution in [3.63, 3.8) is 0 Å². The molecule has 0 aliphatic carbocycles. The molecule has 0 bridgehead atoms. The molecule has 1 aromatic heterocycles. The predicted molar refractivity (Wildman–Crippen MR) is 109 cm³/mol. The first kappa shape index (κ1) is 19.1. The summed E-state index contributed by atoms with van der Waals surface area (Å²) in [6.45, 7) is 3.88. The molecule has 3 aromatic rings. The number of carbonyl (C=O) groups is 1. The SMILES string of the molecule is Cc1cccc(C)c1NC(=O)c1csc(Nc2ccc(S(C)(=O)=O)cc2)n1. The van der Waals surface area contributed by atoms with Crippen molar-refractivity contribution in [2.45, 2.75) is 18.7 Å². The molecule has 0 saturated carbocycles. The summed E-state index contributed by atoms with van der Waals surface area (Å²) < 4.78 is 23.0. The molecule has 0 aliphatic rings. The molecule has 2 N–H and O–H groups in total. The first-order valence-corrected chi connectivity index (χ1v) is 10.9. The zero-order chi connectivity index (χ0) is 19.6. The zero-order valence-electron chi connectivity index (χ0n) is 15.1. The van der Waals surface area contributed by atoms with E-state index >= 15 is 0 Å². The van der Waals surface area contributed by atoms with Crippen LogP contribution in [0.1, 0.15) is 21.6 Å². The van der Waals surface area contributed by atoms with Crippen molar-refractivity contribution >= 4 is 43.6 Å². The number of rotatable bonds is 5. The number of aromatic nitrogens is 1. The molecular formula is C19H19N3O3S2. The fourth-order valence-corrected chi connectivity index (χ4v) is 3.87. The lowest BCUT2D eigenvalue weighted by molar-refractivity contribution is 0.102. The summed E-state index contributed by atoms with van der Waals surface area (Å²) in [4.78, 5) is 17.0. The first-order valence-electron chi connectivity index (χ1n) is 8.14. The molecule has 3 rings (SSSR count). The normalized spacial score (nSPS) is 11.2. The fraction of sp³-hybridized carbons (Fsp3) is 0.158. The van der Waals surface area contributed by atoms with Crippen molar-refractivity contribution in [1.82, 2.24) is 4.98 Å². The third kappa shape index (κ3) is 4.53. The van der Waals surface area contributed by atoms with Gasteiger partial charge in [-0.1, -0.05) is 18.2 Å². The maximum absolute atomic E-state index is 12.5. The Morgan fingerprint density at radius 1 is 1.04 bits per heavy atom. The lowest BCUT2D eigenvalue weighted by Gasteiger charge is -2.10. The number of carbonyl (C=O) groups excluding carboxylic acids is 1. The molecule has 27 heavy (non-hydrogen) atoms. The van der Waals surface area contributed by atoms with Gasteiger partial charge in [0.1, 0.15) is 5.69 Å². The summed E-state index contributed by atoms with van der Waals surface area (Å²) in [5, 5.41) is 8.21. The monoisotopic (exact) mass is 401 g/mol. The quantitative estimate of drug-likeness (QED) is 0.670. The Balaban J connectivity index is 1.72. The number of nitrogens with zero attached hydrogens (tertiary/aromatic N) is 1. The van der Waals surface area contributed by atoms with E-state index < -0.39 is 9.84 Å². The molecule has 0 radical (unpaired) electrons. The van der Waals surface area contributed by atoms with Crippen LogP contribution in [0.3, 0.4) is 0 Å². The van der Waals surface area contributed by atoms with E-state index in [9.17, 15) is 13.2 Å². The third-order valence-electron chi connectivity index (χ3n) is 3.99. The van der Waals surface area contributed by atoms with Crippen LogP contribution in [-0.2, 0) is 9.84 Å². The number of hydrogen-bond acceptors (Lipinski definition) is 6. The van der Waals surface area contributed by atoms with Gasteiger partial charge in [-0.05, 0) is 49.2 Å². The average Bonchev–Trinajstić information content (AvgIpc) is 3.06. The number of aryl methyl sites for hydroxylation is 2. The van der Waals surface area contributed by atoms with E-state index in [2.05, 4.69) is 15.6 Å². The summed E-state index contributed by atoms with van der Waals surface area (Å²) in [5.41, 5.74) is 3.78. The van der Waals surface area contributed by atoms with Crippen LogP contribution in [-0.4, -0.2) is 25.6 Å². The first-order chi connectivity index (χ1) is 12.7. The van der Waals surface area contributed by atoms with Crippen LogP contribution in [0.5, 0.6) is 0 Å². The molecular weight excluding hydrogens is 382 g/mol. The van der Waals surface area contributed by atoms with Crippen LogP contribution in [0.25, 0.3) is 0 Å². The molecule has 8 heteroatoms. The Hall–Kier alpha value is -2.71. The molecule has 0 atom stereocenters. The van der Waals surface area contributed by atoms with Crippen molar-refractivity contribution in [3.8, 4) is 0 Å². The van der Waals surface area contributed by atoms with Crippen molar-refractivity contribution in [2.24, 2.45) is 0 Å². The predicted octanol–water partition coefficient (Wildman–Crippen LogP) is 4.16. The van der Waals surface area contributed by atoms with E-state index in [-0.39, 0.29) is 10.8 Å². The van der Waals surface area contributed by atoms with Gasteiger partial charge in [0.25, 0.3) is 5.91 Å². The van der Waals surface area contributed by atoms with Crippen molar-refractivity contribution in [1.29, 1.82) is 0 Å². The minimum absolute atomic E-state index is 0.251. The Morgan fingerprint density at radius 2 is 1.67 bits per heavy atom. The number of amides is 1. The Bertz CT molecular complexity index is 1070. The standard InChI is InChI=1S/C19H19N3O3S2/c1-12-5-4-6-13(2)17(12)22-18(23)16-11-26-19(21-16)20-14-7-9-15(10-8-14)27(3,24)25/h4-11H,1-3H3,(H,20,21)(H,22,23). The molecule has 6 nitrogen and oxygen atoms in total. The van der Waals surface area contributed by atoms with Gasteiger partial charge in [0.15, 0.2) is 15.0 Å². The van der Waals surface area contributed by atoms with Gasteiger partial charge in [-0.2, -0.15) is 0 Å². The maximum atomic E-state index is 12.5. The number of anilines is 3. The van der Waals surface area contributed by atoms with Gasteiger partial charge in [0, 0.05) is 23.0 Å². The van der Waals surface area contributed by atoms with Crippen LogP contribution in [0.4, 0.5) is 16.5 Å². The average molecular weight is 402 g/mol. The maximum Gasteiger partial charge on any atom is 0.275 e. The highest BCUT2D eigenvalue weighted by Gasteiger charge is 2.14. The smallest absolute Gasteiger partial charge is 0.275 e. The minimum Gasteiger partial charge on any atom is -0.332 e. The highest BCUT2D eigenvalue weighted by molar-refractivity contribution is 7.90. The molecule has 140 valence electrons. The van der Waals surface area contributed by atoms with E-state index in [0.717, 1.165) is 23.1 Å². The molecule has 0 aliphatic heterocycles. The second-order valence-electron chi connectivity index (χ2n) is 6.18. The molecule has 1 heterocycles. The number of benzene rings is 2. The summed E-state index contributed by atoms with van der Waals surface area (Å²) >= 11 is 1.30. The zero-order valence-corrected chi connectivity index (χ0v) is 16.7. The van der Waals surface area contributed by atoms with Crippen LogP contribution >= 0.6 is 11.3 Å². The van der Waals surface area contributed by atoms with Gasteiger partial charge in [-0.15, -0.1) is 11.3 Å². The Morgan fingerprint density at radius 3 is 2.26 bits per heavy atom. The summed E-state index contributed by atoms with van der Waals surface area (Å²) in [6, 6.07) is 12.2. The second-order valence-corrected chi connectivity index (χ2v) is 9.05. The number of thiazole rings is 1. The van der Waals surface area contributed by atoms with Crippen LogP contribution in [0, 0.1) is 13.8 Å². The van der Waals surface area contributed by atoms with Gasteiger partial charge in [0.05, 0.1) is 4.90 Å². The third-order valence-corrected chi connectivity index (χ3v) is 5.88.